The van der Waals surface area contributed by atoms with Crippen LogP contribution in [0, 0.1) is 0 Å². The van der Waals surface area contributed by atoms with E-state index >= 15 is 0 Å². The van der Waals surface area contributed by atoms with Crippen LogP contribution in [0.3, 0.4) is 0 Å². The molecule has 1 aliphatic rings. The molecular weight excluding hydrogens is 294 g/mol. The number of hydrogen-bond donors (Lipinski definition) is 0. The lowest BCUT2D eigenvalue weighted by Gasteiger charge is -1.95. The quantitative estimate of drug-likeness (QED) is 0.537. The second-order valence-corrected chi connectivity index (χ2v) is 6.01. The fourth-order valence-electron chi connectivity index (χ4n) is 2.43. The average Bonchev–Trinajstić information content (AvgIpc) is 3.24. The summed E-state index contributed by atoms with van der Waals surface area (Å²) in [5, 5.41) is 2.93. The normalized spacial score (nSPS) is 19.8. The third-order valence-corrected chi connectivity index (χ3v) is 4.55. The van der Waals surface area contributed by atoms with Crippen LogP contribution in [-0.2, 0) is 4.74 Å². The zero-order valence-electron chi connectivity index (χ0n) is 11.7. The maximum atomic E-state index is 12.3. The third kappa shape index (κ3) is 2.47. The Labute approximate surface area is 132 Å². The number of epoxide rings is 1. The number of hydrogen-bond acceptors (Lipinski definition) is 4. The summed E-state index contributed by atoms with van der Waals surface area (Å²) < 4.78 is 5.56. The molecule has 1 aromatic heterocycles. The summed E-state index contributed by atoms with van der Waals surface area (Å²) in [6.45, 7) is 0. The molecule has 0 N–H and O–H groups in total. The van der Waals surface area contributed by atoms with E-state index in [0.717, 1.165) is 16.3 Å². The number of aromatic nitrogens is 1. The highest BCUT2D eigenvalue weighted by molar-refractivity contribution is 7.13. The van der Waals surface area contributed by atoms with Crippen molar-refractivity contribution in [3.63, 3.8) is 0 Å². The zero-order chi connectivity index (χ0) is 14.9. The Bertz CT molecular complexity index is 798. The van der Waals surface area contributed by atoms with Gasteiger partial charge in [-0.1, -0.05) is 60.7 Å². The molecule has 0 spiro atoms. The van der Waals surface area contributed by atoms with Crippen molar-refractivity contribution in [2.24, 2.45) is 0 Å². The Hall–Kier alpha value is -2.30. The number of carbonyl (C=O) groups is 1. The Morgan fingerprint density at radius 2 is 1.68 bits per heavy atom. The molecule has 0 amide bonds. The molecule has 22 heavy (non-hydrogen) atoms. The number of thiazole rings is 1. The number of benzene rings is 2. The molecule has 1 aliphatic heterocycles. The maximum Gasteiger partial charge on any atom is 0.194 e. The highest BCUT2D eigenvalue weighted by atomic mass is 32.1. The summed E-state index contributed by atoms with van der Waals surface area (Å²) in [5.41, 5.74) is 2.62. The van der Waals surface area contributed by atoms with Crippen LogP contribution in [0.5, 0.6) is 0 Å². The van der Waals surface area contributed by atoms with Crippen LogP contribution in [0.25, 0.3) is 10.6 Å². The lowest BCUT2D eigenvalue weighted by atomic mass is 10.1. The van der Waals surface area contributed by atoms with Crippen molar-refractivity contribution in [1.29, 1.82) is 0 Å². The molecule has 108 valence electrons. The van der Waals surface area contributed by atoms with E-state index in [1.54, 1.807) is 11.3 Å². The largest absolute Gasteiger partial charge is 0.354 e. The summed E-state index contributed by atoms with van der Waals surface area (Å²) in [4.78, 5) is 16.9. The third-order valence-electron chi connectivity index (χ3n) is 3.64. The van der Waals surface area contributed by atoms with E-state index in [0.29, 0.717) is 5.56 Å². The Kier molecular flexibility index (Phi) is 3.33. The minimum absolute atomic E-state index is 0.0276. The van der Waals surface area contributed by atoms with E-state index in [1.807, 2.05) is 66.0 Å². The van der Waals surface area contributed by atoms with Crippen LogP contribution in [0.4, 0.5) is 0 Å². The molecule has 2 atom stereocenters. The van der Waals surface area contributed by atoms with Crippen molar-refractivity contribution >= 4 is 17.1 Å². The Morgan fingerprint density at radius 1 is 1.00 bits per heavy atom. The standard InChI is InChI=1S/C18H13NO2S/c20-15(12-7-3-1-4-8-12)17-16(21-17)14-11-22-18(19-14)13-9-5-2-6-10-13/h1-11,16-17H. The van der Waals surface area contributed by atoms with E-state index in [1.165, 1.54) is 0 Å². The summed E-state index contributed by atoms with van der Waals surface area (Å²) >= 11 is 1.58. The van der Waals surface area contributed by atoms with E-state index in [4.69, 9.17) is 4.74 Å². The van der Waals surface area contributed by atoms with Gasteiger partial charge in [-0.05, 0) is 0 Å². The van der Waals surface area contributed by atoms with Gasteiger partial charge >= 0.3 is 0 Å². The first kappa shape index (κ1) is 13.4. The summed E-state index contributed by atoms with van der Waals surface area (Å²) in [6, 6.07) is 19.3. The molecule has 0 bridgehead atoms. The number of rotatable bonds is 4. The van der Waals surface area contributed by atoms with Crippen LogP contribution in [0.1, 0.15) is 22.2 Å². The molecule has 2 heterocycles. The number of Topliss-reactive ketones (excluding diaryl/α,β-unsaturated/α-hetero) is 1. The van der Waals surface area contributed by atoms with Crippen molar-refractivity contribution in [3.05, 3.63) is 77.3 Å². The predicted molar refractivity (Wildman–Crippen MR) is 85.9 cm³/mol. The first-order valence-electron chi connectivity index (χ1n) is 7.08. The van der Waals surface area contributed by atoms with Gasteiger partial charge in [-0.15, -0.1) is 11.3 Å². The smallest absolute Gasteiger partial charge is 0.194 e. The average molecular weight is 307 g/mol. The van der Waals surface area contributed by atoms with Crippen LogP contribution in [0.15, 0.2) is 66.0 Å². The minimum Gasteiger partial charge on any atom is -0.354 e. The van der Waals surface area contributed by atoms with Crippen molar-refractivity contribution in [2.45, 2.75) is 12.2 Å². The highest BCUT2D eigenvalue weighted by Crippen LogP contribution is 2.41. The van der Waals surface area contributed by atoms with Gasteiger partial charge < -0.3 is 4.74 Å². The molecule has 4 heteroatoms. The molecule has 3 nitrogen and oxygen atoms in total. The molecule has 4 rings (SSSR count). The molecule has 2 unspecified atom stereocenters. The topological polar surface area (TPSA) is 42.5 Å². The summed E-state index contributed by atoms with van der Waals surface area (Å²) in [7, 11) is 0. The first-order chi connectivity index (χ1) is 10.8. The first-order valence-corrected chi connectivity index (χ1v) is 7.96. The molecule has 3 aromatic rings. The lowest BCUT2D eigenvalue weighted by molar-refractivity contribution is 0.0953. The van der Waals surface area contributed by atoms with Crippen molar-refractivity contribution in [1.82, 2.24) is 4.98 Å². The zero-order valence-corrected chi connectivity index (χ0v) is 12.5. The minimum atomic E-state index is -0.395. The lowest BCUT2D eigenvalue weighted by Crippen LogP contribution is -2.07. The second kappa shape index (κ2) is 5.48. The van der Waals surface area contributed by atoms with Gasteiger partial charge in [0.15, 0.2) is 11.9 Å². The van der Waals surface area contributed by atoms with Gasteiger partial charge in [-0.3, -0.25) is 4.79 Å². The van der Waals surface area contributed by atoms with Crippen molar-refractivity contribution in [2.75, 3.05) is 0 Å². The van der Waals surface area contributed by atoms with E-state index in [-0.39, 0.29) is 11.9 Å². The van der Waals surface area contributed by atoms with Gasteiger partial charge in [0.05, 0.1) is 5.69 Å². The van der Waals surface area contributed by atoms with Gasteiger partial charge in [-0.25, -0.2) is 4.98 Å². The Morgan fingerprint density at radius 3 is 2.41 bits per heavy atom. The van der Waals surface area contributed by atoms with Crippen molar-refractivity contribution < 1.29 is 9.53 Å². The monoisotopic (exact) mass is 307 g/mol. The van der Waals surface area contributed by atoms with Crippen molar-refractivity contribution in [3.8, 4) is 10.6 Å². The molecular formula is C18H13NO2S. The van der Waals surface area contributed by atoms with Gasteiger partial charge in [-0.2, -0.15) is 0 Å². The van der Waals surface area contributed by atoms with Crippen LogP contribution in [0.2, 0.25) is 0 Å². The molecule has 2 aromatic carbocycles. The molecule has 1 fully saturated rings. The second-order valence-electron chi connectivity index (χ2n) is 5.15. The highest BCUT2D eigenvalue weighted by Gasteiger charge is 2.47. The molecule has 0 radical (unpaired) electrons. The number of ketones is 1. The van der Waals surface area contributed by atoms with E-state index < -0.39 is 6.10 Å². The predicted octanol–water partition coefficient (Wildman–Crippen LogP) is 4.13. The molecule has 0 saturated carbocycles. The fraction of sp³-hybridized carbons (Fsp3) is 0.111. The molecule has 0 aliphatic carbocycles. The molecule has 1 saturated heterocycles. The van der Waals surface area contributed by atoms with Gasteiger partial charge in [0.1, 0.15) is 11.1 Å². The van der Waals surface area contributed by atoms with E-state index in [9.17, 15) is 4.79 Å². The Balaban J connectivity index is 1.51. The summed E-state index contributed by atoms with van der Waals surface area (Å²) in [6.07, 6.45) is -0.602. The van der Waals surface area contributed by atoms with Gasteiger partial charge in [0.2, 0.25) is 0 Å². The van der Waals surface area contributed by atoms with Gasteiger partial charge in [0.25, 0.3) is 0 Å². The SMILES string of the molecule is O=C(c1ccccc1)C1OC1c1csc(-c2ccccc2)n1. The van der Waals surface area contributed by atoms with Gasteiger partial charge in [0, 0.05) is 16.5 Å². The maximum absolute atomic E-state index is 12.3. The van der Waals surface area contributed by atoms with Crippen LogP contribution in [-0.4, -0.2) is 16.9 Å². The number of ether oxygens (including phenoxy) is 1. The number of nitrogens with zero attached hydrogens (tertiary/aromatic N) is 1. The summed E-state index contributed by atoms with van der Waals surface area (Å²) in [5.74, 6) is 0.0276. The van der Waals surface area contributed by atoms with E-state index in [2.05, 4.69) is 4.98 Å². The van der Waals surface area contributed by atoms with Crippen LogP contribution < -0.4 is 0 Å². The number of carbonyl (C=O) groups excluding carboxylic acids is 1. The fourth-order valence-corrected chi connectivity index (χ4v) is 3.28. The van der Waals surface area contributed by atoms with Crippen LogP contribution >= 0.6 is 11.3 Å².